The van der Waals surface area contributed by atoms with Crippen LogP contribution in [0, 0.1) is 5.92 Å². The summed E-state index contributed by atoms with van der Waals surface area (Å²) in [6.07, 6.45) is 3.78. The van der Waals surface area contributed by atoms with E-state index in [1.54, 1.807) is 0 Å². The van der Waals surface area contributed by atoms with Gasteiger partial charge in [0.15, 0.2) is 0 Å². The lowest BCUT2D eigenvalue weighted by Gasteiger charge is -2.08. The molecule has 0 saturated carbocycles. The van der Waals surface area contributed by atoms with Gasteiger partial charge in [0.1, 0.15) is 5.78 Å². The second-order valence-corrected chi connectivity index (χ2v) is 2.78. The number of rotatable bonds is 5. The lowest BCUT2D eigenvalue weighted by atomic mass is 9.96. The third-order valence-corrected chi connectivity index (χ3v) is 2.07. The van der Waals surface area contributed by atoms with E-state index in [-0.39, 0.29) is 0 Å². The molecule has 1 heteroatoms. The molecule has 0 amide bonds. The molecule has 1 nitrogen and oxygen atoms in total. The van der Waals surface area contributed by atoms with E-state index < -0.39 is 0 Å². The molecular formula is C9H18O. The maximum Gasteiger partial charge on any atom is 0.132 e. The summed E-state index contributed by atoms with van der Waals surface area (Å²) in [4.78, 5) is 10.9. The van der Waals surface area contributed by atoms with Crippen molar-refractivity contribution in [3.63, 3.8) is 0 Å². The standard InChI is InChI=1S/C9H18O/c1-4-8(5-2)7-9(10)6-3/h8H,4-7H2,1-3H3. The minimum atomic E-state index is 0.411. The summed E-state index contributed by atoms with van der Waals surface area (Å²) in [6, 6.07) is 0. The Labute approximate surface area is 63.8 Å². The van der Waals surface area contributed by atoms with Gasteiger partial charge in [-0.2, -0.15) is 0 Å². The Morgan fingerprint density at radius 2 is 1.70 bits per heavy atom. The van der Waals surface area contributed by atoms with E-state index >= 15 is 0 Å². The van der Waals surface area contributed by atoms with Gasteiger partial charge in [-0.15, -0.1) is 0 Å². The van der Waals surface area contributed by atoms with Crippen LogP contribution in [-0.2, 0) is 4.79 Å². The molecular weight excluding hydrogens is 124 g/mol. The predicted octanol–water partition coefficient (Wildman–Crippen LogP) is 2.79. The first-order chi connectivity index (χ1) is 4.74. The van der Waals surface area contributed by atoms with E-state index in [0.717, 1.165) is 19.3 Å². The van der Waals surface area contributed by atoms with Crippen LogP contribution in [0.15, 0.2) is 0 Å². The monoisotopic (exact) mass is 142 g/mol. The second kappa shape index (κ2) is 5.45. The van der Waals surface area contributed by atoms with Gasteiger partial charge >= 0.3 is 0 Å². The number of ketones is 1. The lowest BCUT2D eigenvalue weighted by Crippen LogP contribution is -2.05. The summed E-state index contributed by atoms with van der Waals surface area (Å²) in [7, 11) is 0. The fourth-order valence-electron chi connectivity index (χ4n) is 1.04. The Balaban J connectivity index is 3.52. The van der Waals surface area contributed by atoms with Crippen LogP contribution < -0.4 is 0 Å². The van der Waals surface area contributed by atoms with E-state index in [2.05, 4.69) is 13.8 Å². The third-order valence-electron chi connectivity index (χ3n) is 2.07. The molecule has 0 aromatic heterocycles. The third kappa shape index (κ3) is 3.65. The van der Waals surface area contributed by atoms with Crippen LogP contribution in [-0.4, -0.2) is 5.78 Å². The molecule has 0 aliphatic rings. The molecule has 0 radical (unpaired) electrons. The van der Waals surface area contributed by atoms with Crippen LogP contribution >= 0.6 is 0 Å². The molecule has 0 heterocycles. The highest BCUT2D eigenvalue weighted by molar-refractivity contribution is 5.78. The maximum atomic E-state index is 10.9. The van der Waals surface area contributed by atoms with Gasteiger partial charge in [-0.1, -0.05) is 33.6 Å². The highest BCUT2D eigenvalue weighted by Gasteiger charge is 2.07. The van der Waals surface area contributed by atoms with Crippen molar-refractivity contribution in [3.8, 4) is 0 Å². The van der Waals surface area contributed by atoms with Gasteiger partial charge in [0, 0.05) is 12.8 Å². The SMILES string of the molecule is CCC(=O)CC(CC)CC. The molecule has 0 aliphatic carbocycles. The average molecular weight is 142 g/mol. The summed E-state index contributed by atoms with van der Waals surface area (Å²) in [6.45, 7) is 6.24. The summed E-state index contributed by atoms with van der Waals surface area (Å²) in [5, 5.41) is 0. The minimum Gasteiger partial charge on any atom is -0.300 e. The van der Waals surface area contributed by atoms with Crippen LogP contribution in [0.5, 0.6) is 0 Å². The molecule has 0 unspecified atom stereocenters. The summed E-state index contributed by atoms with van der Waals surface area (Å²) in [5.41, 5.74) is 0. The minimum absolute atomic E-state index is 0.411. The predicted molar refractivity (Wildman–Crippen MR) is 44.0 cm³/mol. The van der Waals surface area contributed by atoms with Crippen molar-refractivity contribution >= 4 is 5.78 Å². The van der Waals surface area contributed by atoms with Crippen molar-refractivity contribution in [1.82, 2.24) is 0 Å². The zero-order valence-corrected chi connectivity index (χ0v) is 7.31. The fourth-order valence-corrected chi connectivity index (χ4v) is 1.04. The highest BCUT2D eigenvalue weighted by atomic mass is 16.1. The summed E-state index contributed by atoms with van der Waals surface area (Å²) in [5.74, 6) is 1.04. The van der Waals surface area contributed by atoms with Gasteiger partial charge < -0.3 is 0 Å². The zero-order valence-electron chi connectivity index (χ0n) is 7.31. The zero-order chi connectivity index (χ0) is 7.98. The van der Waals surface area contributed by atoms with Crippen LogP contribution in [0.2, 0.25) is 0 Å². The molecule has 0 rings (SSSR count). The van der Waals surface area contributed by atoms with E-state index in [0.29, 0.717) is 18.1 Å². The molecule has 0 aromatic carbocycles. The Hall–Kier alpha value is -0.330. The molecule has 0 aromatic rings. The number of hydrogen-bond acceptors (Lipinski definition) is 1. The molecule has 0 saturated heterocycles. The maximum absolute atomic E-state index is 10.9. The normalized spacial score (nSPS) is 10.4. The van der Waals surface area contributed by atoms with Gasteiger partial charge in [0.25, 0.3) is 0 Å². The van der Waals surface area contributed by atoms with E-state index in [1.807, 2.05) is 6.92 Å². The first kappa shape index (κ1) is 9.67. The lowest BCUT2D eigenvalue weighted by molar-refractivity contribution is -0.119. The smallest absolute Gasteiger partial charge is 0.132 e. The van der Waals surface area contributed by atoms with Gasteiger partial charge in [-0.05, 0) is 5.92 Å². The van der Waals surface area contributed by atoms with Crippen LogP contribution in [0.4, 0.5) is 0 Å². The molecule has 0 N–H and O–H groups in total. The average Bonchev–Trinajstić information content (AvgIpc) is 1.99. The quantitative estimate of drug-likeness (QED) is 0.577. The molecule has 0 atom stereocenters. The van der Waals surface area contributed by atoms with E-state index in [1.165, 1.54) is 0 Å². The first-order valence-electron chi connectivity index (χ1n) is 4.26. The largest absolute Gasteiger partial charge is 0.300 e. The van der Waals surface area contributed by atoms with Crippen LogP contribution in [0.1, 0.15) is 46.5 Å². The number of hydrogen-bond donors (Lipinski definition) is 0. The van der Waals surface area contributed by atoms with Gasteiger partial charge in [-0.25, -0.2) is 0 Å². The van der Waals surface area contributed by atoms with Crippen molar-refractivity contribution in [1.29, 1.82) is 0 Å². The Bertz CT molecular complexity index is 92.9. The Morgan fingerprint density at radius 1 is 1.20 bits per heavy atom. The van der Waals surface area contributed by atoms with Crippen molar-refractivity contribution in [2.24, 2.45) is 5.92 Å². The van der Waals surface area contributed by atoms with E-state index in [9.17, 15) is 4.79 Å². The van der Waals surface area contributed by atoms with Gasteiger partial charge in [0.05, 0.1) is 0 Å². The molecule has 0 spiro atoms. The van der Waals surface area contributed by atoms with Crippen LogP contribution in [0.25, 0.3) is 0 Å². The van der Waals surface area contributed by atoms with Crippen molar-refractivity contribution in [2.45, 2.75) is 46.5 Å². The summed E-state index contributed by atoms with van der Waals surface area (Å²) >= 11 is 0. The van der Waals surface area contributed by atoms with Crippen molar-refractivity contribution < 1.29 is 4.79 Å². The molecule has 0 aliphatic heterocycles. The topological polar surface area (TPSA) is 17.1 Å². The molecule has 0 fully saturated rings. The molecule has 0 bridgehead atoms. The fraction of sp³-hybridized carbons (Fsp3) is 0.889. The molecule has 60 valence electrons. The Kier molecular flexibility index (Phi) is 5.27. The number of Topliss-reactive ketones (excluding diaryl/α,β-unsaturated/α-hetero) is 1. The first-order valence-corrected chi connectivity index (χ1v) is 4.26. The summed E-state index contributed by atoms with van der Waals surface area (Å²) < 4.78 is 0. The highest BCUT2D eigenvalue weighted by Crippen LogP contribution is 2.13. The van der Waals surface area contributed by atoms with Crippen molar-refractivity contribution in [3.05, 3.63) is 0 Å². The Morgan fingerprint density at radius 3 is 2.00 bits per heavy atom. The molecule has 10 heavy (non-hydrogen) atoms. The van der Waals surface area contributed by atoms with Crippen molar-refractivity contribution in [2.75, 3.05) is 0 Å². The second-order valence-electron chi connectivity index (χ2n) is 2.78. The van der Waals surface area contributed by atoms with Gasteiger partial charge in [-0.3, -0.25) is 4.79 Å². The van der Waals surface area contributed by atoms with Gasteiger partial charge in [0.2, 0.25) is 0 Å². The van der Waals surface area contributed by atoms with Crippen LogP contribution in [0.3, 0.4) is 0 Å². The number of carbonyl (C=O) groups excluding carboxylic acids is 1. The number of carbonyl (C=O) groups is 1. The van der Waals surface area contributed by atoms with E-state index in [4.69, 9.17) is 0 Å².